The van der Waals surface area contributed by atoms with Crippen molar-refractivity contribution in [2.45, 2.75) is 19.3 Å². The van der Waals surface area contributed by atoms with E-state index in [1.165, 1.54) is 60.9 Å². The minimum atomic E-state index is -0.221. The second-order valence-corrected chi connectivity index (χ2v) is 14.1. The Morgan fingerprint density at radius 1 is 0.404 bits per heavy atom. The van der Waals surface area contributed by atoms with E-state index in [1.807, 2.05) is 36.4 Å². The first-order valence-corrected chi connectivity index (χ1v) is 17.8. The van der Waals surface area contributed by atoms with Crippen LogP contribution in [0.5, 0.6) is 0 Å². The van der Waals surface area contributed by atoms with E-state index in [9.17, 15) is 0 Å². The van der Waals surface area contributed by atoms with Gasteiger partial charge < -0.3 is 4.57 Å². The maximum absolute atomic E-state index is 5.12. The third-order valence-corrected chi connectivity index (χ3v) is 10.7. The van der Waals surface area contributed by atoms with Gasteiger partial charge in [0.2, 0.25) is 0 Å². The molecule has 0 bridgehead atoms. The van der Waals surface area contributed by atoms with Crippen LogP contribution < -0.4 is 0 Å². The van der Waals surface area contributed by atoms with Crippen LogP contribution in [-0.4, -0.2) is 19.5 Å². The van der Waals surface area contributed by atoms with E-state index in [2.05, 4.69) is 152 Å². The zero-order valence-electron chi connectivity index (χ0n) is 29.0. The van der Waals surface area contributed by atoms with E-state index in [0.717, 1.165) is 16.7 Å². The lowest BCUT2D eigenvalue weighted by molar-refractivity contribution is 0.660. The van der Waals surface area contributed by atoms with Crippen LogP contribution in [0.1, 0.15) is 25.0 Å². The average Bonchev–Trinajstić information content (AvgIpc) is 3.66. The smallest absolute Gasteiger partial charge is 0.164 e. The van der Waals surface area contributed by atoms with Gasteiger partial charge in [-0.1, -0.05) is 147 Å². The molecule has 2 aromatic heterocycles. The number of rotatable bonds is 5. The molecular formula is C48H34N4. The summed E-state index contributed by atoms with van der Waals surface area (Å²) in [6, 6.07) is 60.1. The van der Waals surface area contributed by atoms with Crippen LogP contribution in [0.2, 0.25) is 0 Å². The molecule has 4 nitrogen and oxygen atoms in total. The molecule has 246 valence electrons. The molecule has 0 spiro atoms. The van der Waals surface area contributed by atoms with Gasteiger partial charge in [-0.05, 0) is 69.8 Å². The van der Waals surface area contributed by atoms with Crippen LogP contribution in [0, 0.1) is 0 Å². The van der Waals surface area contributed by atoms with Crippen molar-refractivity contribution in [3.8, 4) is 62.1 Å². The molecule has 52 heavy (non-hydrogen) atoms. The van der Waals surface area contributed by atoms with Crippen LogP contribution in [-0.2, 0) is 5.41 Å². The number of fused-ring (bicyclic) bond motifs is 6. The molecule has 7 aromatic carbocycles. The molecule has 0 unspecified atom stereocenters. The Morgan fingerprint density at radius 2 is 0.981 bits per heavy atom. The molecule has 4 heteroatoms. The summed E-state index contributed by atoms with van der Waals surface area (Å²) in [7, 11) is 0. The molecule has 0 radical (unpaired) electrons. The average molecular weight is 667 g/mol. The molecule has 10 rings (SSSR count). The van der Waals surface area contributed by atoms with E-state index < -0.39 is 0 Å². The van der Waals surface area contributed by atoms with Gasteiger partial charge >= 0.3 is 0 Å². The van der Waals surface area contributed by atoms with Gasteiger partial charge in [-0.15, -0.1) is 0 Å². The SMILES string of the molecule is CC1(C)c2cc(-c3ccc4c(c3)c3ccccc3n4-c3ccccc3)ccc2-c2c(-c3nc(-c4ccccc4)nc(-c4ccccc4)n3)cccc21. The van der Waals surface area contributed by atoms with E-state index in [0.29, 0.717) is 17.5 Å². The van der Waals surface area contributed by atoms with Crippen molar-refractivity contribution in [2.75, 3.05) is 0 Å². The first kappa shape index (κ1) is 30.2. The summed E-state index contributed by atoms with van der Waals surface area (Å²) in [5, 5.41) is 2.50. The van der Waals surface area contributed by atoms with Crippen LogP contribution in [0.3, 0.4) is 0 Å². The maximum atomic E-state index is 5.12. The van der Waals surface area contributed by atoms with Crippen molar-refractivity contribution in [1.82, 2.24) is 19.5 Å². The highest BCUT2D eigenvalue weighted by molar-refractivity contribution is 6.10. The zero-order valence-corrected chi connectivity index (χ0v) is 29.0. The molecule has 0 N–H and O–H groups in total. The standard InChI is InChI=1S/C48H34N4/c1-48(2)40-23-14-22-38(47-50-45(31-15-6-3-7-16-31)49-46(51-47)32-17-8-4-9-18-32)44(40)37-27-25-34(30-41(37)48)33-26-28-43-39(29-33)36-21-12-13-24-42(36)52(43)35-19-10-5-11-20-35/h3-30H,1-2H3. The van der Waals surface area contributed by atoms with Gasteiger partial charge in [0.25, 0.3) is 0 Å². The lowest BCUT2D eigenvalue weighted by Crippen LogP contribution is -2.15. The molecule has 2 heterocycles. The van der Waals surface area contributed by atoms with Gasteiger partial charge in [0.05, 0.1) is 11.0 Å². The van der Waals surface area contributed by atoms with Gasteiger partial charge in [0.1, 0.15) is 0 Å². The largest absolute Gasteiger partial charge is 0.309 e. The molecule has 1 aliphatic rings. The van der Waals surface area contributed by atoms with Gasteiger partial charge in [-0.25, -0.2) is 15.0 Å². The number of nitrogens with zero attached hydrogens (tertiary/aromatic N) is 4. The third-order valence-electron chi connectivity index (χ3n) is 10.7. The number of para-hydroxylation sites is 2. The van der Waals surface area contributed by atoms with E-state index >= 15 is 0 Å². The lowest BCUT2D eigenvalue weighted by atomic mass is 9.81. The van der Waals surface area contributed by atoms with Gasteiger partial charge in [-0.3, -0.25) is 0 Å². The van der Waals surface area contributed by atoms with Crippen LogP contribution in [0.25, 0.3) is 83.9 Å². The molecule has 0 atom stereocenters. The molecule has 1 aliphatic carbocycles. The Kier molecular flexibility index (Phi) is 6.80. The van der Waals surface area contributed by atoms with Crippen molar-refractivity contribution >= 4 is 21.8 Å². The molecule has 9 aromatic rings. The number of benzene rings is 7. The highest BCUT2D eigenvalue weighted by Gasteiger charge is 2.37. The minimum Gasteiger partial charge on any atom is -0.309 e. The zero-order chi connectivity index (χ0) is 34.8. The molecule has 0 aliphatic heterocycles. The predicted molar refractivity (Wildman–Crippen MR) is 213 cm³/mol. The summed E-state index contributed by atoms with van der Waals surface area (Å²) in [5.41, 5.74) is 13.7. The second-order valence-electron chi connectivity index (χ2n) is 14.1. The maximum Gasteiger partial charge on any atom is 0.164 e. The number of aromatic nitrogens is 4. The third kappa shape index (κ3) is 4.72. The topological polar surface area (TPSA) is 43.6 Å². The van der Waals surface area contributed by atoms with Crippen molar-refractivity contribution in [2.24, 2.45) is 0 Å². The molecule has 0 saturated carbocycles. The van der Waals surface area contributed by atoms with Crippen molar-refractivity contribution in [1.29, 1.82) is 0 Å². The molecule has 0 fully saturated rings. The quantitative estimate of drug-likeness (QED) is 0.184. The minimum absolute atomic E-state index is 0.221. The summed E-state index contributed by atoms with van der Waals surface area (Å²) in [5.74, 6) is 2.01. The summed E-state index contributed by atoms with van der Waals surface area (Å²) >= 11 is 0. The van der Waals surface area contributed by atoms with Crippen LogP contribution in [0.4, 0.5) is 0 Å². The Bertz CT molecular complexity index is 2740. The van der Waals surface area contributed by atoms with Gasteiger partial charge in [-0.2, -0.15) is 0 Å². The fourth-order valence-electron chi connectivity index (χ4n) is 8.09. The van der Waals surface area contributed by atoms with E-state index in [-0.39, 0.29) is 5.41 Å². The fraction of sp³-hybridized carbons (Fsp3) is 0.0625. The Labute approximate surface area is 302 Å². The first-order valence-electron chi connectivity index (χ1n) is 17.8. The van der Waals surface area contributed by atoms with Gasteiger partial charge in [0.15, 0.2) is 17.5 Å². The highest BCUT2D eigenvalue weighted by atomic mass is 15.0. The predicted octanol–water partition coefficient (Wildman–Crippen LogP) is 11.9. The van der Waals surface area contributed by atoms with Crippen molar-refractivity contribution in [3.63, 3.8) is 0 Å². The summed E-state index contributed by atoms with van der Waals surface area (Å²) in [6.45, 7) is 4.67. The number of hydrogen-bond donors (Lipinski definition) is 0. The highest BCUT2D eigenvalue weighted by Crippen LogP contribution is 2.53. The molecular weight excluding hydrogens is 633 g/mol. The van der Waals surface area contributed by atoms with Crippen molar-refractivity contribution in [3.05, 3.63) is 181 Å². The van der Waals surface area contributed by atoms with E-state index in [1.54, 1.807) is 0 Å². The van der Waals surface area contributed by atoms with Gasteiger partial charge in [0, 0.05) is 38.6 Å². The lowest BCUT2D eigenvalue weighted by Gasteiger charge is -2.22. The van der Waals surface area contributed by atoms with Crippen LogP contribution in [0.15, 0.2) is 170 Å². The summed E-state index contributed by atoms with van der Waals surface area (Å²) < 4.78 is 2.37. The Morgan fingerprint density at radius 3 is 1.69 bits per heavy atom. The monoisotopic (exact) mass is 666 g/mol. The van der Waals surface area contributed by atoms with Crippen molar-refractivity contribution < 1.29 is 0 Å². The summed E-state index contributed by atoms with van der Waals surface area (Å²) in [4.78, 5) is 15.2. The van der Waals surface area contributed by atoms with Crippen LogP contribution >= 0.6 is 0 Å². The molecule has 0 amide bonds. The normalized spacial score (nSPS) is 13.0. The second kappa shape index (κ2) is 11.7. The number of hydrogen-bond acceptors (Lipinski definition) is 3. The summed E-state index contributed by atoms with van der Waals surface area (Å²) in [6.07, 6.45) is 0. The van der Waals surface area contributed by atoms with E-state index in [4.69, 9.17) is 15.0 Å². The Balaban J connectivity index is 1.12. The fourth-order valence-corrected chi connectivity index (χ4v) is 8.09. The molecule has 0 saturated heterocycles. The Hall–Kier alpha value is -6.65. The first-order chi connectivity index (χ1) is 25.5.